The van der Waals surface area contributed by atoms with Gasteiger partial charge in [0.1, 0.15) is 11.7 Å². The van der Waals surface area contributed by atoms with E-state index >= 15 is 0 Å². The third-order valence-electron chi connectivity index (χ3n) is 1.72. The fraction of sp³-hybridized carbons (Fsp3) is 0.429. The van der Waals surface area contributed by atoms with E-state index in [1.54, 1.807) is 0 Å². The van der Waals surface area contributed by atoms with Crippen LogP contribution in [0.3, 0.4) is 0 Å². The second-order valence-corrected chi connectivity index (χ2v) is 3.04. The number of nitrogens with zero attached hydrogens (tertiary/aromatic N) is 2. The third-order valence-corrected chi connectivity index (χ3v) is 2.01. The van der Waals surface area contributed by atoms with Gasteiger partial charge in [0.2, 0.25) is 0 Å². The molecule has 78 valence electrons. The molecule has 0 aliphatic heterocycles. The number of alkyl halides is 2. The second-order valence-electron chi connectivity index (χ2n) is 2.64. The first-order chi connectivity index (χ1) is 6.45. The van der Waals surface area contributed by atoms with Crippen LogP contribution in [0.25, 0.3) is 0 Å². The van der Waals surface area contributed by atoms with Gasteiger partial charge in [-0.2, -0.15) is 5.10 Å². The molecule has 1 aromatic heterocycles. The number of hydrogen-bond donors (Lipinski definition) is 1. The Labute approximate surface area is 83.1 Å². The fourth-order valence-electron chi connectivity index (χ4n) is 0.968. The van der Waals surface area contributed by atoms with E-state index in [1.807, 2.05) is 0 Å². The smallest absolute Gasteiger partial charge is 0.328 e. The molecular weight excluding hydrogens is 218 g/mol. The quantitative estimate of drug-likeness (QED) is 0.856. The molecule has 1 rings (SSSR count). The average Bonchev–Trinajstić information content (AvgIpc) is 2.45. The van der Waals surface area contributed by atoms with Crippen LogP contribution in [0.2, 0.25) is 5.02 Å². The molecule has 14 heavy (non-hydrogen) atoms. The molecule has 0 aliphatic rings. The topological polar surface area (TPSA) is 55.1 Å². The van der Waals surface area contributed by atoms with Crippen LogP contribution >= 0.6 is 11.6 Å². The fourth-order valence-corrected chi connectivity index (χ4v) is 1.18. The summed E-state index contributed by atoms with van der Waals surface area (Å²) in [5, 5.41) is 11.9. The lowest BCUT2D eigenvalue weighted by Crippen LogP contribution is -2.19. The summed E-state index contributed by atoms with van der Waals surface area (Å²) in [4.78, 5) is 10.5. The first kappa shape index (κ1) is 10.9. The summed E-state index contributed by atoms with van der Waals surface area (Å²) in [5.41, 5.74) is -0.568. The standard InChI is InChI=1S/C7H7ClF2N2O2/c1-3(7(13)14)12-5(6(9)10)4(8)2-11-12/h2-3,6H,1H3,(H,13,14)/t3-/m0/s1. The number of hydrogen-bond acceptors (Lipinski definition) is 2. The molecule has 0 bridgehead atoms. The number of carboxylic acids is 1. The zero-order valence-electron chi connectivity index (χ0n) is 7.12. The van der Waals surface area contributed by atoms with E-state index in [9.17, 15) is 13.6 Å². The normalized spacial score (nSPS) is 13.2. The van der Waals surface area contributed by atoms with Gasteiger partial charge in [-0.05, 0) is 6.92 Å². The average molecular weight is 225 g/mol. The van der Waals surface area contributed by atoms with E-state index < -0.39 is 24.1 Å². The molecule has 0 aromatic carbocycles. The minimum atomic E-state index is -2.84. The van der Waals surface area contributed by atoms with Gasteiger partial charge in [0.15, 0.2) is 0 Å². The van der Waals surface area contributed by atoms with Crippen molar-refractivity contribution in [1.82, 2.24) is 9.78 Å². The molecule has 0 amide bonds. The van der Waals surface area contributed by atoms with Crippen molar-refractivity contribution >= 4 is 17.6 Å². The lowest BCUT2D eigenvalue weighted by molar-refractivity contribution is -0.140. The molecule has 0 saturated carbocycles. The van der Waals surface area contributed by atoms with Crippen LogP contribution in [-0.2, 0) is 4.79 Å². The zero-order valence-corrected chi connectivity index (χ0v) is 7.87. The monoisotopic (exact) mass is 224 g/mol. The predicted octanol–water partition coefficient (Wildman–Crippen LogP) is 2.12. The summed E-state index contributed by atoms with van der Waals surface area (Å²) in [6, 6.07) is -1.16. The summed E-state index contributed by atoms with van der Waals surface area (Å²) >= 11 is 5.43. The molecule has 0 radical (unpaired) electrons. The van der Waals surface area contributed by atoms with Gasteiger partial charge >= 0.3 is 5.97 Å². The summed E-state index contributed by atoms with van der Waals surface area (Å²) in [6.07, 6.45) is -1.84. The zero-order chi connectivity index (χ0) is 10.9. The van der Waals surface area contributed by atoms with Gasteiger partial charge < -0.3 is 5.11 Å². The Morgan fingerprint density at radius 3 is 2.71 bits per heavy atom. The Bertz CT molecular complexity index is 353. The molecule has 7 heteroatoms. The molecular formula is C7H7ClF2N2O2. The summed E-state index contributed by atoms with van der Waals surface area (Å²) in [6.45, 7) is 1.25. The van der Waals surface area contributed by atoms with Crippen LogP contribution in [0, 0.1) is 0 Å². The first-order valence-electron chi connectivity index (χ1n) is 3.69. The number of carboxylic acid groups (broad SMARTS) is 1. The Hall–Kier alpha value is -1.17. The van der Waals surface area contributed by atoms with Gasteiger partial charge in [0, 0.05) is 0 Å². The molecule has 0 aliphatic carbocycles. The van der Waals surface area contributed by atoms with Gasteiger partial charge in [-0.3, -0.25) is 0 Å². The van der Waals surface area contributed by atoms with Crippen molar-refractivity contribution in [3.05, 3.63) is 16.9 Å². The van der Waals surface area contributed by atoms with Gasteiger partial charge in [-0.1, -0.05) is 11.6 Å². The van der Waals surface area contributed by atoms with Crippen molar-refractivity contribution in [2.75, 3.05) is 0 Å². The maximum absolute atomic E-state index is 12.4. The van der Waals surface area contributed by atoms with Gasteiger partial charge in [0.25, 0.3) is 6.43 Å². The molecule has 0 spiro atoms. The molecule has 0 unspecified atom stereocenters. The maximum Gasteiger partial charge on any atom is 0.328 e. The summed E-state index contributed by atoms with van der Waals surface area (Å²) in [5.74, 6) is -1.24. The SMILES string of the molecule is C[C@@H](C(=O)O)n1ncc(Cl)c1C(F)F. The van der Waals surface area contributed by atoms with Gasteiger partial charge in [-0.25, -0.2) is 18.3 Å². The molecule has 0 saturated heterocycles. The van der Waals surface area contributed by atoms with E-state index in [2.05, 4.69) is 5.10 Å². The van der Waals surface area contributed by atoms with Crippen molar-refractivity contribution in [3.63, 3.8) is 0 Å². The number of halogens is 3. The lowest BCUT2D eigenvalue weighted by Gasteiger charge is -2.10. The highest BCUT2D eigenvalue weighted by Gasteiger charge is 2.25. The molecule has 4 nitrogen and oxygen atoms in total. The van der Waals surface area contributed by atoms with Crippen molar-refractivity contribution in [3.8, 4) is 0 Å². The van der Waals surface area contributed by atoms with Crippen LogP contribution in [0.5, 0.6) is 0 Å². The Balaban J connectivity index is 3.15. The molecule has 0 fully saturated rings. The van der Waals surface area contributed by atoms with Crippen LogP contribution in [-0.4, -0.2) is 20.9 Å². The lowest BCUT2D eigenvalue weighted by atomic mass is 10.3. The largest absolute Gasteiger partial charge is 0.480 e. The Morgan fingerprint density at radius 1 is 1.71 bits per heavy atom. The number of rotatable bonds is 3. The van der Waals surface area contributed by atoms with Crippen molar-refractivity contribution in [2.24, 2.45) is 0 Å². The maximum atomic E-state index is 12.4. The van der Waals surface area contributed by atoms with Crippen molar-refractivity contribution < 1.29 is 18.7 Å². The second kappa shape index (κ2) is 3.91. The van der Waals surface area contributed by atoms with Crippen molar-refractivity contribution in [1.29, 1.82) is 0 Å². The van der Waals surface area contributed by atoms with E-state index in [0.29, 0.717) is 4.68 Å². The first-order valence-corrected chi connectivity index (χ1v) is 4.06. The molecule has 1 heterocycles. The van der Waals surface area contributed by atoms with E-state index in [4.69, 9.17) is 16.7 Å². The Kier molecular flexibility index (Phi) is 3.05. The van der Waals surface area contributed by atoms with E-state index in [0.717, 1.165) is 6.20 Å². The minimum absolute atomic E-state index is 0.229. The van der Waals surface area contributed by atoms with E-state index in [1.165, 1.54) is 6.92 Å². The third kappa shape index (κ3) is 1.84. The highest BCUT2D eigenvalue weighted by Crippen LogP contribution is 2.28. The number of aromatic nitrogens is 2. The molecule has 1 aromatic rings. The summed E-state index contributed by atoms with van der Waals surface area (Å²) in [7, 11) is 0. The van der Waals surface area contributed by atoms with Crippen LogP contribution < -0.4 is 0 Å². The summed E-state index contributed by atoms with van der Waals surface area (Å²) < 4.78 is 25.5. The number of carbonyl (C=O) groups is 1. The highest BCUT2D eigenvalue weighted by molar-refractivity contribution is 6.31. The van der Waals surface area contributed by atoms with Crippen LogP contribution in [0.1, 0.15) is 25.1 Å². The molecule has 1 atom stereocenters. The predicted molar refractivity (Wildman–Crippen MR) is 44.5 cm³/mol. The van der Waals surface area contributed by atoms with Gasteiger partial charge in [0.05, 0.1) is 11.2 Å². The van der Waals surface area contributed by atoms with Crippen LogP contribution in [0.4, 0.5) is 8.78 Å². The van der Waals surface area contributed by atoms with Crippen molar-refractivity contribution in [2.45, 2.75) is 19.4 Å². The van der Waals surface area contributed by atoms with Gasteiger partial charge in [-0.15, -0.1) is 0 Å². The molecule has 1 N–H and O–H groups in total. The highest BCUT2D eigenvalue weighted by atomic mass is 35.5. The number of aliphatic carboxylic acids is 1. The Morgan fingerprint density at radius 2 is 2.29 bits per heavy atom. The van der Waals surface area contributed by atoms with Crippen LogP contribution in [0.15, 0.2) is 6.20 Å². The minimum Gasteiger partial charge on any atom is -0.480 e. The van der Waals surface area contributed by atoms with E-state index in [-0.39, 0.29) is 5.02 Å².